The first-order chi connectivity index (χ1) is 67.0. The molecule has 0 aliphatic heterocycles. The third-order valence-corrected chi connectivity index (χ3v) is 34.0. The average Bonchev–Trinajstić information content (AvgIpc) is 0.763. The minimum Gasteiger partial charge on any atom is -0.512 e. The summed E-state index contributed by atoms with van der Waals surface area (Å²) in [6, 6.07) is 116. The van der Waals surface area contributed by atoms with Crippen LogP contribution in [0.15, 0.2) is 333 Å². The molecule has 0 amide bonds. The number of hydrogen-bond donors (Lipinski definition) is 3. The minimum absolute atomic E-state index is 0. The summed E-state index contributed by atoms with van der Waals surface area (Å²) in [4.78, 5) is 50.7. The summed E-state index contributed by atoms with van der Waals surface area (Å²) in [5.74, 6) is 0.634. The van der Waals surface area contributed by atoms with Crippen LogP contribution in [0.4, 0.5) is 0 Å². The first kappa shape index (κ1) is 121. The number of aryl methyl sites for hydroxylation is 2. The number of rotatable bonds is 26. The summed E-state index contributed by atoms with van der Waals surface area (Å²) in [5.41, 5.74) is 24.1. The zero-order valence-corrected chi connectivity index (χ0v) is 101. The predicted molar refractivity (Wildman–Crippen MR) is 616 cm³/mol. The second-order valence-corrected chi connectivity index (χ2v) is 59.1. The number of carbonyl (C=O) groups is 3. The number of nitrogens with zero attached hydrogens (tertiary/aromatic N) is 3. The largest absolute Gasteiger partial charge is 0.512 e. The normalized spacial score (nSPS) is 12.1. The number of pyridine rings is 3. The molecule has 0 aliphatic rings. The Morgan fingerprint density at radius 1 is 0.317 bits per heavy atom. The molecule has 0 spiro atoms. The van der Waals surface area contributed by atoms with Gasteiger partial charge in [-0.3, -0.25) is 29.3 Å². The molecule has 0 atom stereocenters. The molecule has 145 heavy (non-hydrogen) atoms. The minimum atomic E-state index is -1.44. The molecular weight excluding hydrogens is 2360 g/mol. The van der Waals surface area contributed by atoms with Gasteiger partial charge in [-0.15, -0.1) is 105 Å². The number of aromatic nitrogens is 3. The average molecular weight is 2510 g/mol. The van der Waals surface area contributed by atoms with Gasteiger partial charge >= 0.3 is 0 Å². The van der Waals surface area contributed by atoms with E-state index in [2.05, 4.69) is 376 Å². The van der Waals surface area contributed by atoms with Crippen molar-refractivity contribution in [2.45, 2.75) is 229 Å². The van der Waals surface area contributed by atoms with Crippen LogP contribution in [0, 0.1) is 65.0 Å². The Morgan fingerprint density at radius 3 is 0.910 bits per heavy atom. The fraction of sp³-hybridized carbons (Fsp3) is 0.308. The Kier molecular flexibility index (Phi) is 44.3. The van der Waals surface area contributed by atoms with Crippen molar-refractivity contribution < 1.29 is 90.0 Å². The van der Waals surface area contributed by atoms with Crippen LogP contribution in [0.25, 0.3) is 133 Å². The van der Waals surface area contributed by atoms with Crippen molar-refractivity contribution in [1.29, 1.82) is 0 Å². The molecule has 0 unspecified atom stereocenters. The van der Waals surface area contributed by atoms with E-state index in [1.54, 1.807) is 0 Å². The molecule has 0 aliphatic carbocycles. The number of aliphatic hydroxyl groups is 3. The SMILES string of the molecule is CC(C)C(O)=CC(=O)C(C)(C)C.CCC(C)(C)C(=O)C=C(O)C(C)(C)CC.CCC(C)(CC)C(=O)C=C(O)C(C)(CC)CC.C[Si](C)(C)c1ccc2nc(-c3[c-]ccc(-c4ccccc4)c3)cc(-c3ccccc3)c2c1.Cc1[c-]c(-c2cc(-c3ccccc3)c3cc([Si](C)(C)C)ccc3n2)cc(-c2ccccc2)c1.Cc1[c-]c(-c2cc(-c3ccccc3)c3cc([Si](C)(C)C)ccc3n2)cc(-c2ccccc2)c1.[Ir].[Ir].[Ir]. The molecule has 0 saturated carbocycles. The summed E-state index contributed by atoms with van der Waals surface area (Å²) in [6.45, 7) is 58.7. The van der Waals surface area contributed by atoms with Crippen LogP contribution in [0.1, 0.15) is 167 Å². The Bertz CT molecular complexity index is 6700. The van der Waals surface area contributed by atoms with E-state index < -0.39 is 29.6 Å². The molecule has 15 heteroatoms. The molecule has 15 rings (SSSR count). The summed E-state index contributed by atoms with van der Waals surface area (Å²) in [7, 11) is -4.31. The van der Waals surface area contributed by atoms with Crippen molar-refractivity contribution in [1.82, 2.24) is 15.0 Å². The maximum absolute atomic E-state index is 12.2. The fourth-order valence-corrected chi connectivity index (χ4v) is 19.3. The van der Waals surface area contributed by atoms with Gasteiger partial charge in [0.1, 0.15) is 11.5 Å². The molecule has 0 saturated heterocycles. The molecular formula is C130H152Ir3N3O6Si3-3. The van der Waals surface area contributed by atoms with Crippen LogP contribution < -0.4 is 15.6 Å². The van der Waals surface area contributed by atoms with Gasteiger partial charge in [-0.05, 0) is 124 Å². The topological polar surface area (TPSA) is 151 Å². The van der Waals surface area contributed by atoms with E-state index in [-0.39, 0.29) is 123 Å². The van der Waals surface area contributed by atoms with Crippen LogP contribution >= 0.6 is 0 Å². The summed E-state index contributed by atoms with van der Waals surface area (Å²) in [5, 5.41) is 37.3. The number of fused-ring (bicyclic) bond motifs is 3. The van der Waals surface area contributed by atoms with Crippen LogP contribution in [-0.4, -0.2) is 71.8 Å². The summed E-state index contributed by atoms with van der Waals surface area (Å²) in [6.07, 6.45) is 9.07. The first-order valence-electron chi connectivity index (χ1n) is 50.6. The van der Waals surface area contributed by atoms with Crippen molar-refractivity contribution in [2.24, 2.45) is 33.0 Å². The zero-order valence-electron chi connectivity index (χ0n) is 90.8. The van der Waals surface area contributed by atoms with Gasteiger partial charge in [-0.25, -0.2) is 0 Å². The maximum Gasteiger partial charge on any atom is 0.164 e. The monoisotopic (exact) mass is 2510 g/mol. The van der Waals surface area contributed by atoms with E-state index in [0.717, 1.165) is 100.0 Å². The van der Waals surface area contributed by atoms with E-state index in [1.807, 2.05) is 130 Å². The summed E-state index contributed by atoms with van der Waals surface area (Å²) >= 11 is 0. The molecule has 15 aromatic rings. The molecule has 3 radical (unpaired) electrons. The van der Waals surface area contributed by atoms with Crippen LogP contribution in [-0.2, 0) is 74.7 Å². The van der Waals surface area contributed by atoms with E-state index in [4.69, 9.17) is 15.0 Å². The molecule has 0 bridgehead atoms. The van der Waals surface area contributed by atoms with E-state index in [0.29, 0.717) is 0 Å². The zero-order chi connectivity index (χ0) is 104. The molecule has 765 valence electrons. The third kappa shape index (κ3) is 32.8. The van der Waals surface area contributed by atoms with Crippen molar-refractivity contribution in [2.75, 3.05) is 0 Å². The Morgan fingerprint density at radius 2 is 0.614 bits per heavy atom. The third-order valence-electron chi connectivity index (χ3n) is 27.8. The molecule has 3 aromatic heterocycles. The predicted octanol–water partition coefficient (Wildman–Crippen LogP) is 34.6. The van der Waals surface area contributed by atoms with Gasteiger partial charge < -0.3 is 15.3 Å². The molecule has 3 heterocycles. The van der Waals surface area contributed by atoms with E-state index >= 15 is 0 Å². The number of allylic oxidation sites excluding steroid dienone is 6. The first-order valence-corrected chi connectivity index (χ1v) is 61.1. The number of benzene rings is 12. The number of aliphatic hydroxyl groups excluding tert-OH is 3. The van der Waals surface area contributed by atoms with E-state index in [9.17, 15) is 29.7 Å². The van der Waals surface area contributed by atoms with E-state index in [1.165, 1.54) is 117 Å². The second-order valence-electron chi connectivity index (χ2n) is 43.9. The Hall–Kier alpha value is -10.9. The molecule has 9 nitrogen and oxygen atoms in total. The van der Waals surface area contributed by atoms with Crippen molar-refractivity contribution >= 4 is 89.8 Å². The van der Waals surface area contributed by atoms with Gasteiger partial charge in [0.15, 0.2) is 17.3 Å². The van der Waals surface area contributed by atoms with Gasteiger partial charge in [0.25, 0.3) is 0 Å². The Labute approximate surface area is 911 Å². The van der Waals surface area contributed by atoms with Crippen LogP contribution in [0.2, 0.25) is 58.9 Å². The number of hydrogen-bond acceptors (Lipinski definition) is 9. The number of carbonyl (C=O) groups excluding carboxylic acids is 3. The maximum atomic E-state index is 12.2. The van der Waals surface area contributed by atoms with Gasteiger partial charge in [0, 0.05) is 128 Å². The van der Waals surface area contributed by atoms with Crippen molar-refractivity contribution in [3.63, 3.8) is 0 Å². The summed E-state index contributed by atoms with van der Waals surface area (Å²) < 4.78 is 0. The Balaban J connectivity index is 0.000000244. The number of ketones is 3. The standard InChI is InChI=1S/2C31H28NSi.C30H26NSi.C15H28O2.C13H24O2.C10H18O2.3Ir/c2*1-22-17-25(23-11-7-5-8-12-23)19-26(18-22)31-21-28(24-13-9-6-10-14-24)29-20-27(33(2,3)4)15-16-30(29)32-31;1-32(2,3)26-17-18-29-28(20-26)27(23-13-8-5-9-14-23)21-30(31-29)25-16-10-15-24(19-25)22-11-6-4-7-12-22;1-7-14(5,8-2)12(16)11-13(17)15(6,9-3)10-4;1-7-12(3,4)10(14)9-11(15)13(5,6)8-2;1-7(2)8(11)6-9(12)10(3,4)5;;;/h2*5-17,19-21H,1-4H3;4-15,17-21H,1-3H3;11,16H,7-10H2,1-6H3;9,14H,7-8H2,1-6H3;6-7,11H,1-5H3;;;/q3*-1;;;;;;. The second kappa shape index (κ2) is 53.1. The van der Waals surface area contributed by atoms with Gasteiger partial charge in [-0.2, -0.15) is 0 Å². The van der Waals surface area contributed by atoms with Crippen molar-refractivity contribution in [3.8, 4) is 101 Å². The smallest absolute Gasteiger partial charge is 0.164 e. The van der Waals surface area contributed by atoms with Gasteiger partial charge in [0.05, 0.1) is 46.5 Å². The van der Waals surface area contributed by atoms with Crippen LogP contribution in [0.3, 0.4) is 0 Å². The van der Waals surface area contributed by atoms with Crippen LogP contribution in [0.5, 0.6) is 0 Å². The molecule has 3 N–H and O–H groups in total. The molecule has 12 aromatic carbocycles. The van der Waals surface area contributed by atoms with Gasteiger partial charge in [0.2, 0.25) is 0 Å². The van der Waals surface area contributed by atoms with Crippen molar-refractivity contribution in [3.05, 3.63) is 362 Å². The fourth-order valence-electron chi connectivity index (χ4n) is 15.9. The molecule has 0 fully saturated rings. The van der Waals surface area contributed by atoms with Gasteiger partial charge in [-0.1, -0.05) is 443 Å². The quantitative estimate of drug-likeness (QED) is 0.0208.